The topological polar surface area (TPSA) is 72.3 Å². The summed E-state index contributed by atoms with van der Waals surface area (Å²) in [6.45, 7) is 4.42. The Balaban J connectivity index is 1.61. The Labute approximate surface area is 131 Å². The van der Waals surface area contributed by atoms with Crippen LogP contribution in [0.5, 0.6) is 0 Å². The lowest BCUT2D eigenvalue weighted by Crippen LogP contribution is -2.62. The number of hydrogen-bond acceptors (Lipinski definition) is 5. The van der Waals surface area contributed by atoms with Crippen molar-refractivity contribution in [2.75, 3.05) is 32.8 Å². The first-order valence-corrected chi connectivity index (χ1v) is 8.26. The van der Waals surface area contributed by atoms with Crippen molar-refractivity contribution in [3.05, 3.63) is 12.4 Å². The van der Waals surface area contributed by atoms with E-state index in [1.165, 1.54) is 6.42 Å². The van der Waals surface area contributed by atoms with Crippen LogP contribution in [0.2, 0.25) is 0 Å². The zero-order valence-electron chi connectivity index (χ0n) is 13.0. The van der Waals surface area contributed by atoms with Gasteiger partial charge in [0.25, 0.3) is 0 Å². The molecule has 1 aliphatic heterocycles. The molecular formula is C15H25N5O2. The summed E-state index contributed by atoms with van der Waals surface area (Å²) >= 11 is 0. The van der Waals surface area contributed by atoms with Gasteiger partial charge in [-0.1, -0.05) is 24.5 Å². The van der Waals surface area contributed by atoms with Crippen molar-refractivity contribution in [2.45, 2.75) is 44.2 Å². The quantitative estimate of drug-likeness (QED) is 0.854. The Kier molecular flexibility index (Phi) is 5.04. The van der Waals surface area contributed by atoms with Gasteiger partial charge in [-0.3, -0.25) is 14.4 Å². The van der Waals surface area contributed by atoms with Gasteiger partial charge in [0.15, 0.2) is 0 Å². The summed E-state index contributed by atoms with van der Waals surface area (Å²) in [4.78, 5) is 15.3. The molecule has 2 aliphatic rings. The molecule has 0 bridgehead atoms. The van der Waals surface area contributed by atoms with Crippen molar-refractivity contribution in [2.24, 2.45) is 0 Å². The van der Waals surface area contributed by atoms with Crippen molar-refractivity contribution >= 4 is 5.91 Å². The second-order valence-electron chi connectivity index (χ2n) is 6.11. The minimum absolute atomic E-state index is 0.175. The Morgan fingerprint density at radius 3 is 2.68 bits per heavy atom. The minimum Gasteiger partial charge on any atom is -0.379 e. The zero-order chi connectivity index (χ0) is 15.3. The molecule has 2 fully saturated rings. The monoisotopic (exact) mass is 307 g/mol. The minimum atomic E-state index is -0.329. The fourth-order valence-corrected chi connectivity index (χ4v) is 3.62. The summed E-state index contributed by atoms with van der Waals surface area (Å²) in [5, 5.41) is 10.8. The van der Waals surface area contributed by atoms with Crippen LogP contribution >= 0.6 is 0 Å². The second kappa shape index (κ2) is 7.19. The van der Waals surface area contributed by atoms with E-state index in [4.69, 9.17) is 4.74 Å². The van der Waals surface area contributed by atoms with Crippen LogP contribution < -0.4 is 5.32 Å². The molecule has 7 heteroatoms. The van der Waals surface area contributed by atoms with E-state index < -0.39 is 0 Å². The summed E-state index contributed by atoms with van der Waals surface area (Å²) in [6, 6.07) is 0. The first-order chi connectivity index (χ1) is 10.8. The van der Waals surface area contributed by atoms with Crippen LogP contribution in [0.4, 0.5) is 0 Å². The van der Waals surface area contributed by atoms with Crippen molar-refractivity contribution in [1.82, 2.24) is 25.2 Å². The van der Waals surface area contributed by atoms with E-state index in [0.717, 1.165) is 52.0 Å². The molecule has 1 N–H and O–H groups in total. The number of ether oxygens (including phenoxy) is 1. The maximum atomic E-state index is 12.9. The third kappa shape index (κ3) is 3.30. The summed E-state index contributed by atoms with van der Waals surface area (Å²) in [7, 11) is 0. The molecule has 0 atom stereocenters. The molecular weight excluding hydrogens is 282 g/mol. The number of hydrogen-bond donors (Lipinski definition) is 1. The standard InChI is InChI=1S/C15H25N5O2/c21-14(16-6-8-20-9-7-17-18-20)15(4-2-1-3-5-15)19-10-12-22-13-11-19/h7,9H,1-6,8,10-13H2,(H,16,21). The molecule has 1 aromatic rings. The highest BCUT2D eigenvalue weighted by atomic mass is 16.5. The summed E-state index contributed by atoms with van der Waals surface area (Å²) in [5.41, 5.74) is -0.329. The second-order valence-corrected chi connectivity index (χ2v) is 6.11. The van der Waals surface area contributed by atoms with Crippen LogP contribution in [0.3, 0.4) is 0 Å². The Morgan fingerprint density at radius 2 is 2.00 bits per heavy atom. The number of amides is 1. The molecule has 7 nitrogen and oxygen atoms in total. The Bertz CT molecular complexity index is 464. The van der Waals surface area contributed by atoms with E-state index in [0.29, 0.717) is 13.1 Å². The van der Waals surface area contributed by atoms with Crippen LogP contribution in [0.25, 0.3) is 0 Å². The number of rotatable bonds is 5. The molecule has 22 heavy (non-hydrogen) atoms. The highest BCUT2D eigenvalue weighted by Crippen LogP contribution is 2.34. The maximum Gasteiger partial charge on any atom is 0.240 e. The van der Waals surface area contributed by atoms with E-state index in [-0.39, 0.29) is 11.4 Å². The normalized spacial score (nSPS) is 22.4. The van der Waals surface area contributed by atoms with E-state index in [1.807, 2.05) is 6.20 Å². The number of morpholine rings is 1. The third-order valence-corrected chi connectivity index (χ3v) is 4.82. The van der Waals surface area contributed by atoms with Gasteiger partial charge < -0.3 is 10.1 Å². The number of nitrogens with one attached hydrogen (secondary N) is 1. The molecule has 122 valence electrons. The number of aromatic nitrogens is 3. The molecule has 3 rings (SSSR count). The van der Waals surface area contributed by atoms with Gasteiger partial charge in [-0.2, -0.15) is 0 Å². The Morgan fingerprint density at radius 1 is 1.23 bits per heavy atom. The van der Waals surface area contributed by atoms with Crippen LogP contribution in [0, 0.1) is 0 Å². The largest absolute Gasteiger partial charge is 0.379 e. The van der Waals surface area contributed by atoms with Crippen molar-refractivity contribution in [3.8, 4) is 0 Å². The summed E-state index contributed by atoms with van der Waals surface area (Å²) in [5.74, 6) is 0.175. The molecule has 0 radical (unpaired) electrons. The smallest absolute Gasteiger partial charge is 0.240 e. The molecule has 0 unspecified atom stereocenters. The van der Waals surface area contributed by atoms with Gasteiger partial charge in [-0.15, -0.1) is 5.10 Å². The van der Waals surface area contributed by atoms with Gasteiger partial charge in [0.05, 0.1) is 26.0 Å². The molecule has 0 spiro atoms. The van der Waals surface area contributed by atoms with Crippen LogP contribution in [-0.2, 0) is 16.1 Å². The lowest BCUT2D eigenvalue weighted by molar-refractivity contribution is -0.140. The fourth-order valence-electron chi connectivity index (χ4n) is 3.62. The van der Waals surface area contributed by atoms with Gasteiger partial charge in [-0.05, 0) is 12.8 Å². The molecule has 1 saturated heterocycles. The molecule has 1 amide bonds. The number of carbonyl (C=O) groups excluding carboxylic acids is 1. The SMILES string of the molecule is O=C(NCCn1ccnn1)C1(N2CCOCC2)CCCCC1. The van der Waals surface area contributed by atoms with Crippen LogP contribution in [0.15, 0.2) is 12.4 Å². The number of nitrogens with zero attached hydrogens (tertiary/aromatic N) is 4. The molecule has 1 aliphatic carbocycles. The van der Waals surface area contributed by atoms with Gasteiger partial charge >= 0.3 is 0 Å². The molecule has 0 aromatic carbocycles. The number of carbonyl (C=O) groups is 1. The summed E-state index contributed by atoms with van der Waals surface area (Å²) < 4.78 is 7.19. The van der Waals surface area contributed by atoms with E-state index in [2.05, 4.69) is 20.5 Å². The first-order valence-electron chi connectivity index (χ1n) is 8.26. The van der Waals surface area contributed by atoms with Gasteiger partial charge in [-0.25, -0.2) is 0 Å². The Hall–Kier alpha value is -1.47. The highest BCUT2D eigenvalue weighted by molar-refractivity contribution is 5.86. The predicted molar refractivity (Wildman–Crippen MR) is 81.2 cm³/mol. The van der Waals surface area contributed by atoms with E-state index in [1.54, 1.807) is 10.9 Å². The summed E-state index contributed by atoms with van der Waals surface area (Å²) in [6.07, 6.45) is 8.88. The average Bonchev–Trinajstić information content (AvgIpc) is 3.09. The van der Waals surface area contributed by atoms with Crippen molar-refractivity contribution in [1.29, 1.82) is 0 Å². The van der Waals surface area contributed by atoms with Gasteiger partial charge in [0.1, 0.15) is 5.54 Å². The maximum absolute atomic E-state index is 12.9. The van der Waals surface area contributed by atoms with Gasteiger partial charge in [0, 0.05) is 25.8 Å². The fraction of sp³-hybridized carbons (Fsp3) is 0.800. The average molecular weight is 307 g/mol. The molecule has 2 heterocycles. The molecule has 1 aromatic heterocycles. The van der Waals surface area contributed by atoms with Crippen molar-refractivity contribution < 1.29 is 9.53 Å². The lowest BCUT2D eigenvalue weighted by atomic mass is 9.79. The van der Waals surface area contributed by atoms with Crippen LogP contribution in [-0.4, -0.2) is 64.2 Å². The zero-order valence-corrected chi connectivity index (χ0v) is 13.0. The van der Waals surface area contributed by atoms with Crippen molar-refractivity contribution in [3.63, 3.8) is 0 Å². The van der Waals surface area contributed by atoms with E-state index in [9.17, 15) is 4.79 Å². The lowest BCUT2D eigenvalue weighted by Gasteiger charge is -2.46. The highest BCUT2D eigenvalue weighted by Gasteiger charge is 2.44. The van der Waals surface area contributed by atoms with E-state index >= 15 is 0 Å². The van der Waals surface area contributed by atoms with Crippen LogP contribution in [0.1, 0.15) is 32.1 Å². The third-order valence-electron chi connectivity index (χ3n) is 4.82. The van der Waals surface area contributed by atoms with Gasteiger partial charge in [0.2, 0.25) is 5.91 Å². The molecule has 1 saturated carbocycles. The predicted octanol–water partition coefficient (Wildman–Crippen LogP) is 0.429. The first kappa shape index (κ1) is 15.4.